The van der Waals surface area contributed by atoms with Crippen molar-refractivity contribution in [2.45, 2.75) is 0 Å². The normalized spacial score (nSPS) is 13.2. The van der Waals surface area contributed by atoms with Gasteiger partial charge >= 0.3 is 0 Å². The van der Waals surface area contributed by atoms with Gasteiger partial charge in [0.1, 0.15) is 23.0 Å². The molecule has 0 bridgehead atoms. The summed E-state index contributed by atoms with van der Waals surface area (Å²) in [6, 6.07) is 28.9. The molecule has 6 nitrogen and oxygen atoms in total. The molecule has 0 aromatic heterocycles. The molecule has 0 spiro atoms. The van der Waals surface area contributed by atoms with Crippen LogP contribution < -0.4 is 23.8 Å². The van der Waals surface area contributed by atoms with Crippen LogP contribution in [0.15, 0.2) is 96.8 Å². The van der Waals surface area contributed by atoms with Crippen molar-refractivity contribution in [2.75, 3.05) is 26.2 Å². The molecule has 4 aromatic rings. The second kappa shape index (κ2) is 9.88. The highest BCUT2D eigenvalue weighted by Crippen LogP contribution is 2.37. The van der Waals surface area contributed by atoms with Crippen molar-refractivity contribution < 1.29 is 23.7 Å². The summed E-state index contributed by atoms with van der Waals surface area (Å²) in [7, 11) is 4.88. The maximum absolute atomic E-state index is 12.8. The number of benzene rings is 4. The van der Waals surface area contributed by atoms with E-state index in [1.807, 2.05) is 72.8 Å². The number of rotatable bonds is 7. The average molecular weight is 480 g/mol. The van der Waals surface area contributed by atoms with Gasteiger partial charge in [-0.15, -0.1) is 0 Å². The number of nitrogens with zero attached hydrogens (tertiary/aromatic N) is 1. The summed E-state index contributed by atoms with van der Waals surface area (Å²) in [6.07, 6.45) is 1.75. The maximum Gasteiger partial charge on any atom is 0.231 e. The quantitative estimate of drug-likeness (QED) is 0.272. The van der Waals surface area contributed by atoms with E-state index in [0.29, 0.717) is 17.1 Å². The van der Waals surface area contributed by atoms with E-state index in [9.17, 15) is 4.79 Å². The standard InChI is InChI=1S/C30H25NO5/c1-33-24-12-8-22(9-13-24)31(23-10-14-25(34-2)15-11-23)21-6-4-20(5-7-21)18-29-30(32)27-17-16-26(35-3)19-28(27)36-29/h4-19H,1-3H3. The number of allylic oxidation sites excluding steroid dienone is 1. The van der Waals surface area contributed by atoms with Crippen LogP contribution in [0.25, 0.3) is 6.08 Å². The number of methoxy groups -OCH3 is 3. The number of ether oxygens (including phenoxy) is 4. The van der Waals surface area contributed by atoms with Crippen molar-refractivity contribution in [1.82, 2.24) is 0 Å². The number of carbonyl (C=O) groups is 1. The van der Waals surface area contributed by atoms with Crippen LogP contribution in [-0.2, 0) is 0 Å². The fourth-order valence-corrected chi connectivity index (χ4v) is 4.08. The van der Waals surface area contributed by atoms with Gasteiger partial charge in [0.05, 0.1) is 26.9 Å². The highest BCUT2D eigenvalue weighted by atomic mass is 16.5. The van der Waals surface area contributed by atoms with Crippen LogP contribution in [0.3, 0.4) is 0 Å². The van der Waals surface area contributed by atoms with E-state index in [4.69, 9.17) is 18.9 Å². The lowest BCUT2D eigenvalue weighted by Crippen LogP contribution is -2.09. The van der Waals surface area contributed by atoms with Gasteiger partial charge in [0.25, 0.3) is 0 Å². The van der Waals surface area contributed by atoms with E-state index >= 15 is 0 Å². The van der Waals surface area contributed by atoms with Gasteiger partial charge < -0.3 is 23.8 Å². The van der Waals surface area contributed by atoms with Gasteiger partial charge in [-0.1, -0.05) is 12.1 Å². The van der Waals surface area contributed by atoms with Gasteiger partial charge in [-0.3, -0.25) is 4.79 Å². The highest BCUT2D eigenvalue weighted by molar-refractivity contribution is 6.14. The number of fused-ring (bicyclic) bond motifs is 1. The van der Waals surface area contributed by atoms with Crippen LogP contribution in [0, 0.1) is 0 Å². The molecule has 1 heterocycles. The summed E-state index contributed by atoms with van der Waals surface area (Å²) in [4.78, 5) is 14.9. The summed E-state index contributed by atoms with van der Waals surface area (Å²) in [5.41, 5.74) is 4.30. The smallest absolute Gasteiger partial charge is 0.231 e. The van der Waals surface area contributed by atoms with E-state index in [1.54, 1.807) is 45.6 Å². The maximum atomic E-state index is 12.8. The first-order valence-corrected chi connectivity index (χ1v) is 11.4. The highest BCUT2D eigenvalue weighted by Gasteiger charge is 2.27. The average Bonchev–Trinajstić information content (AvgIpc) is 3.24. The summed E-state index contributed by atoms with van der Waals surface area (Å²) in [5, 5.41) is 0. The molecule has 0 saturated heterocycles. The first kappa shape index (κ1) is 23.1. The summed E-state index contributed by atoms with van der Waals surface area (Å²) < 4.78 is 21.7. The minimum absolute atomic E-state index is 0.144. The van der Waals surface area contributed by atoms with Gasteiger partial charge in [0.15, 0.2) is 5.76 Å². The Hall–Kier alpha value is -4.71. The molecule has 0 atom stereocenters. The molecular formula is C30H25NO5. The number of hydrogen-bond donors (Lipinski definition) is 0. The zero-order valence-corrected chi connectivity index (χ0v) is 20.2. The van der Waals surface area contributed by atoms with Crippen LogP contribution in [0.2, 0.25) is 0 Å². The second-order valence-corrected chi connectivity index (χ2v) is 8.12. The van der Waals surface area contributed by atoms with Crippen LogP contribution >= 0.6 is 0 Å². The Morgan fingerprint density at radius 2 is 1.11 bits per heavy atom. The van der Waals surface area contributed by atoms with E-state index < -0.39 is 0 Å². The summed E-state index contributed by atoms with van der Waals surface area (Å²) in [6.45, 7) is 0. The van der Waals surface area contributed by atoms with Crippen LogP contribution in [0.5, 0.6) is 23.0 Å². The number of carbonyl (C=O) groups excluding carboxylic acids is 1. The second-order valence-electron chi connectivity index (χ2n) is 8.12. The number of Topliss-reactive ketones (excluding diaryl/α,β-unsaturated/α-hetero) is 1. The zero-order valence-electron chi connectivity index (χ0n) is 20.2. The van der Waals surface area contributed by atoms with Gasteiger partial charge in [0, 0.05) is 23.1 Å². The zero-order chi connectivity index (χ0) is 25.1. The lowest BCUT2D eigenvalue weighted by molar-refractivity contribution is 0.101. The van der Waals surface area contributed by atoms with Crippen molar-refractivity contribution in [1.29, 1.82) is 0 Å². The predicted octanol–water partition coefficient (Wildman–Crippen LogP) is 6.80. The first-order chi connectivity index (χ1) is 17.6. The van der Waals surface area contributed by atoms with Crippen molar-refractivity contribution in [3.05, 3.63) is 108 Å². The Morgan fingerprint density at radius 3 is 1.61 bits per heavy atom. The Bertz CT molecular complexity index is 1360. The molecule has 36 heavy (non-hydrogen) atoms. The molecule has 0 aliphatic carbocycles. The molecule has 0 amide bonds. The van der Waals surface area contributed by atoms with E-state index in [2.05, 4.69) is 4.90 Å². The summed E-state index contributed by atoms with van der Waals surface area (Å²) in [5.74, 6) is 2.87. The molecule has 0 fully saturated rings. The number of ketones is 1. The molecule has 0 unspecified atom stereocenters. The number of anilines is 3. The Labute approximate surface area is 209 Å². The largest absolute Gasteiger partial charge is 0.497 e. The summed E-state index contributed by atoms with van der Waals surface area (Å²) >= 11 is 0. The van der Waals surface area contributed by atoms with E-state index in [1.165, 1.54) is 0 Å². The topological polar surface area (TPSA) is 57.2 Å². The number of hydrogen-bond acceptors (Lipinski definition) is 6. The molecule has 0 N–H and O–H groups in total. The lowest BCUT2D eigenvalue weighted by Gasteiger charge is -2.26. The fraction of sp³-hybridized carbons (Fsp3) is 0.100. The third-order valence-corrected chi connectivity index (χ3v) is 5.99. The van der Waals surface area contributed by atoms with Crippen molar-refractivity contribution in [3.8, 4) is 23.0 Å². The first-order valence-electron chi connectivity index (χ1n) is 11.4. The molecule has 1 aliphatic heterocycles. The monoisotopic (exact) mass is 479 g/mol. The molecule has 0 radical (unpaired) electrons. The van der Waals surface area contributed by atoms with Gasteiger partial charge in [0.2, 0.25) is 5.78 Å². The van der Waals surface area contributed by atoms with Crippen LogP contribution in [0.4, 0.5) is 17.1 Å². The van der Waals surface area contributed by atoms with Crippen LogP contribution in [-0.4, -0.2) is 27.1 Å². The minimum Gasteiger partial charge on any atom is -0.497 e. The Kier molecular flexibility index (Phi) is 6.33. The molecule has 1 aliphatic rings. The van der Waals surface area contributed by atoms with Crippen molar-refractivity contribution >= 4 is 28.9 Å². The SMILES string of the molecule is COc1ccc(N(c2ccc(C=C3Oc4cc(OC)ccc4C3=O)cc2)c2ccc(OC)cc2)cc1. The van der Waals surface area contributed by atoms with Gasteiger partial charge in [-0.05, 0) is 84.4 Å². The van der Waals surface area contributed by atoms with Gasteiger partial charge in [-0.25, -0.2) is 0 Å². The fourth-order valence-electron chi connectivity index (χ4n) is 4.08. The Morgan fingerprint density at radius 1 is 0.639 bits per heavy atom. The molecule has 6 heteroatoms. The van der Waals surface area contributed by atoms with Crippen molar-refractivity contribution in [3.63, 3.8) is 0 Å². The molecule has 0 saturated carbocycles. The van der Waals surface area contributed by atoms with E-state index in [-0.39, 0.29) is 11.5 Å². The molecule has 4 aromatic carbocycles. The molecule has 180 valence electrons. The van der Waals surface area contributed by atoms with Crippen molar-refractivity contribution in [2.24, 2.45) is 0 Å². The Balaban J connectivity index is 1.46. The molecular weight excluding hydrogens is 454 g/mol. The lowest BCUT2D eigenvalue weighted by atomic mass is 10.1. The third-order valence-electron chi connectivity index (χ3n) is 5.99. The van der Waals surface area contributed by atoms with Gasteiger partial charge in [-0.2, -0.15) is 0 Å². The minimum atomic E-state index is -0.144. The third kappa shape index (κ3) is 4.49. The van der Waals surface area contributed by atoms with Crippen LogP contribution in [0.1, 0.15) is 15.9 Å². The molecule has 5 rings (SSSR count). The predicted molar refractivity (Wildman–Crippen MR) is 140 cm³/mol. The van der Waals surface area contributed by atoms with E-state index in [0.717, 1.165) is 34.1 Å².